The molecule has 3 aromatic rings. The maximum atomic E-state index is 14.0. The lowest BCUT2D eigenvalue weighted by Crippen LogP contribution is -2.38. The number of carbonyl (C=O) groups excluding carboxylic acids is 2. The van der Waals surface area contributed by atoms with Crippen molar-refractivity contribution in [3.8, 4) is 0 Å². The summed E-state index contributed by atoms with van der Waals surface area (Å²) in [5.41, 5.74) is 1.27. The number of fused-ring (bicyclic) bond motifs is 1. The van der Waals surface area contributed by atoms with Crippen molar-refractivity contribution in [2.45, 2.75) is 88.9 Å². The molecule has 14 heteroatoms. The smallest absolute Gasteiger partial charge is 0.270 e. The molecule has 3 N–H and O–H groups in total. The number of nitrogens with zero attached hydrogens (tertiary/aromatic N) is 5. The minimum absolute atomic E-state index is 0.0324. The highest BCUT2D eigenvalue weighted by Gasteiger charge is 2.56. The van der Waals surface area contributed by atoms with Crippen LogP contribution in [0, 0.1) is 11.8 Å². The van der Waals surface area contributed by atoms with E-state index in [9.17, 15) is 32.3 Å². The Morgan fingerprint density at radius 1 is 1.15 bits per heavy atom. The molecule has 3 atom stereocenters. The topological polar surface area (TPSA) is 126 Å². The summed E-state index contributed by atoms with van der Waals surface area (Å²) in [4.78, 5) is 30.0. The van der Waals surface area contributed by atoms with Crippen LogP contribution in [0.5, 0.6) is 0 Å². The van der Waals surface area contributed by atoms with Gasteiger partial charge in [-0.25, -0.2) is 27.1 Å². The lowest BCUT2D eigenvalue weighted by molar-refractivity contribution is -0.124. The Balaban J connectivity index is 1.34. The van der Waals surface area contributed by atoms with Crippen molar-refractivity contribution in [3.05, 3.63) is 47.7 Å². The van der Waals surface area contributed by atoms with Crippen molar-refractivity contribution < 1.29 is 32.3 Å². The Hall–Kier alpha value is -3.55. The van der Waals surface area contributed by atoms with Crippen LogP contribution < -0.4 is 10.6 Å². The number of carbonyl (C=O) groups is 2. The van der Waals surface area contributed by atoms with Crippen molar-refractivity contribution in [3.63, 3.8) is 0 Å². The molecular weight excluding hydrogens is 546 g/mol. The summed E-state index contributed by atoms with van der Waals surface area (Å²) in [6.07, 6.45) is 2.45. The number of amides is 2. The molecule has 5 rings (SSSR count). The Bertz CT molecular complexity index is 1410. The minimum atomic E-state index is -2.75. The molecule has 0 bridgehead atoms. The van der Waals surface area contributed by atoms with Gasteiger partial charge < -0.3 is 15.7 Å². The molecule has 0 aliphatic heterocycles. The molecule has 0 spiro atoms. The number of hydrogen-bond acceptors (Lipinski definition) is 6. The van der Waals surface area contributed by atoms with Gasteiger partial charge in [-0.3, -0.25) is 14.3 Å². The molecule has 0 unspecified atom stereocenters. The average Bonchev–Trinajstić information content (AvgIpc) is 3.28. The van der Waals surface area contributed by atoms with E-state index in [2.05, 4.69) is 25.8 Å². The largest absolute Gasteiger partial charge is 0.369 e. The molecule has 3 heterocycles. The standard InChI is InChI=1S/C27H33F4N7O3/c1-15(2)38-20(7-10-32-38)25(41)36-23(16-5-8-26(28,29)9-6-16)19-14-37-21(34-19)11-17(13-33-37)24(40)35-22(39)4-3-18-12-27(18,30)31/h7,10-11,13-16,18,23-24,40H,3-6,8-9,12H2,1-2H3,(H,35,39)(H,36,41)/t18-,23+,24-/m1/s1. The normalized spacial score (nSPS) is 21.5. The van der Waals surface area contributed by atoms with Gasteiger partial charge in [-0.1, -0.05) is 0 Å². The van der Waals surface area contributed by atoms with E-state index >= 15 is 0 Å². The maximum Gasteiger partial charge on any atom is 0.270 e. The van der Waals surface area contributed by atoms with E-state index in [1.165, 1.54) is 23.0 Å². The van der Waals surface area contributed by atoms with Gasteiger partial charge in [0.2, 0.25) is 11.8 Å². The second-order valence-corrected chi connectivity index (χ2v) is 11.3. The first-order chi connectivity index (χ1) is 19.3. The van der Waals surface area contributed by atoms with Crippen molar-refractivity contribution >= 4 is 17.5 Å². The Morgan fingerprint density at radius 3 is 2.51 bits per heavy atom. The predicted molar refractivity (Wildman–Crippen MR) is 138 cm³/mol. The van der Waals surface area contributed by atoms with Gasteiger partial charge in [0.1, 0.15) is 5.69 Å². The molecule has 0 aromatic carbocycles. The van der Waals surface area contributed by atoms with Crippen LogP contribution in [0.15, 0.2) is 30.7 Å². The van der Waals surface area contributed by atoms with Gasteiger partial charge in [0.25, 0.3) is 11.8 Å². The third-order valence-electron chi connectivity index (χ3n) is 7.88. The van der Waals surface area contributed by atoms with Crippen LogP contribution in [0.25, 0.3) is 5.65 Å². The van der Waals surface area contributed by atoms with E-state index < -0.39 is 41.8 Å². The minimum Gasteiger partial charge on any atom is -0.369 e. The number of nitrogens with one attached hydrogen (secondary N) is 2. The van der Waals surface area contributed by atoms with E-state index in [0.717, 1.165) is 0 Å². The van der Waals surface area contributed by atoms with Crippen LogP contribution in [0.3, 0.4) is 0 Å². The third-order valence-corrected chi connectivity index (χ3v) is 7.88. The highest BCUT2D eigenvalue weighted by molar-refractivity contribution is 5.92. The van der Waals surface area contributed by atoms with Crippen molar-refractivity contribution in [1.29, 1.82) is 0 Å². The van der Waals surface area contributed by atoms with Gasteiger partial charge in [-0.2, -0.15) is 10.2 Å². The summed E-state index contributed by atoms with van der Waals surface area (Å²) in [5.74, 6) is -7.55. The Kier molecular flexibility index (Phi) is 7.79. The fraction of sp³-hybridized carbons (Fsp3) is 0.593. The second-order valence-electron chi connectivity index (χ2n) is 11.3. The monoisotopic (exact) mass is 579 g/mol. The number of aromatic nitrogens is 5. The zero-order valence-electron chi connectivity index (χ0n) is 22.7. The van der Waals surface area contributed by atoms with Crippen molar-refractivity contribution in [1.82, 2.24) is 35.0 Å². The van der Waals surface area contributed by atoms with Gasteiger partial charge in [0, 0.05) is 49.4 Å². The number of rotatable bonds is 10. The SMILES string of the molecule is CC(C)n1nccc1C(=O)N[C@H](c1cn2ncc([C@@H](O)NC(=O)CC[C@@H]3CC3(F)F)cc2n1)C1CCC(F)(F)CC1. The first kappa shape index (κ1) is 29.0. The average molecular weight is 580 g/mol. The number of halogens is 4. The number of aliphatic hydroxyl groups excluding tert-OH is 1. The Labute approximate surface area is 233 Å². The van der Waals surface area contributed by atoms with E-state index in [4.69, 9.17) is 0 Å². The summed E-state index contributed by atoms with van der Waals surface area (Å²) in [5, 5.41) is 24.3. The number of aliphatic hydroxyl groups is 1. The molecule has 10 nitrogen and oxygen atoms in total. The number of imidazole rings is 1. The fourth-order valence-corrected chi connectivity index (χ4v) is 5.36. The zero-order valence-corrected chi connectivity index (χ0v) is 22.7. The van der Waals surface area contributed by atoms with E-state index in [1.54, 1.807) is 16.9 Å². The second kappa shape index (κ2) is 11.0. The van der Waals surface area contributed by atoms with Crippen LogP contribution in [-0.2, 0) is 4.79 Å². The quantitative estimate of drug-likeness (QED) is 0.242. The van der Waals surface area contributed by atoms with Crippen LogP contribution in [-0.4, -0.2) is 53.1 Å². The maximum absolute atomic E-state index is 14.0. The molecular formula is C27H33F4N7O3. The zero-order chi connectivity index (χ0) is 29.5. The summed E-state index contributed by atoms with van der Waals surface area (Å²) >= 11 is 0. The fourth-order valence-electron chi connectivity index (χ4n) is 5.36. The van der Waals surface area contributed by atoms with E-state index in [1.807, 2.05) is 13.8 Å². The van der Waals surface area contributed by atoms with Gasteiger partial charge >= 0.3 is 0 Å². The number of alkyl halides is 4. The lowest BCUT2D eigenvalue weighted by Gasteiger charge is -2.33. The third kappa shape index (κ3) is 6.52. The molecule has 0 saturated heterocycles. The highest BCUT2D eigenvalue weighted by atomic mass is 19.3. The van der Waals surface area contributed by atoms with Gasteiger partial charge in [-0.05, 0) is 51.2 Å². The highest BCUT2D eigenvalue weighted by Crippen LogP contribution is 2.51. The first-order valence-electron chi connectivity index (χ1n) is 13.8. The summed E-state index contributed by atoms with van der Waals surface area (Å²) in [6, 6.07) is 2.32. The Morgan fingerprint density at radius 2 is 1.85 bits per heavy atom. The van der Waals surface area contributed by atoms with Crippen LogP contribution >= 0.6 is 0 Å². The summed E-state index contributed by atoms with van der Waals surface area (Å²) in [6.45, 7) is 3.77. The van der Waals surface area contributed by atoms with Gasteiger partial charge in [0.05, 0.1) is 24.1 Å². The van der Waals surface area contributed by atoms with Crippen LogP contribution in [0.2, 0.25) is 0 Å². The van der Waals surface area contributed by atoms with Crippen molar-refractivity contribution in [2.24, 2.45) is 11.8 Å². The van der Waals surface area contributed by atoms with Crippen LogP contribution in [0.1, 0.15) is 98.9 Å². The molecule has 2 aliphatic rings. The van der Waals surface area contributed by atoms with E-state index in [-0.39, 0.29) is 62.5 Å². The summed E-state index contributed by atoms with van der Waals surface area (Å²) < 4.78 is 57.1. The number of hydrogen-bond donors (Lipinski definition) is 3. The van der Waals surface area contributed by atoms with Crippen molar-refractivity contribution in [2.75, 3.05) is 0 Å². The molecule has 3 aromatic heterocycles. The molecule has 41 heavy (non-hydrogen) atoms. The molecule has 2 fully saturated rings. The summed E-state index contributed by atoms with van der Waals surface area (Å²) in [7, 11) is 0. The van der Waals surface area contributed by atoms with Gasteiger partial charge in [0.15, 0.2) is 11.9 Å². The van der Waals surface area contributed by atoms with Crippen LogP contribution in [0.4, 0.5) is 17.6 Å². The first-order valence-corrected chi connectivity index (χ1v) is 13.8. The molecule has 2 saturated carbocycles. The molecule has 0 radical (unpaired) electrons. The lowest BCUT2D eigenvalue weighted by atomic mass is 9.81. The van der Waals surface area contributed by atoms with Gasteiger partial charge in [-0.15, -0.1) is 0 Å². The van der Waals surface area contributed by atoms with E-state index in [0.29, 0.717) is 17.0 Å². The predicted octanol–water partition coefficient (Wildman–Crippen LogP) is 4.35. The molecule has 222 valence electrons. The molecule has 2 amide bonds. The molecule has 2 aliphatic carbocycles.